The SMILES string of the molecule is CCN1CCN(Cc2ccccc2CNC2CC2)CC1C. The lowest BCUT2D eigenvalue weighted by Crippen LogP contribution is -2.51. The van der Waals surface area contributed by atoms with E-state index in [0.717, 1.165) is 19.1 Å². The molecule has 21 heavy (non-hydrogen) atoms. The lowest BCUT2D eigenvalue weighted by Gasteiger charge is -2.39. The Morgan fingerprint density at radius 3 is 2.57 bits per heavy atom. The van der Waals surface area contributed by atoms with Crippen LogP contribution < -0.4 is 5.32 Å². The molecule has 1 saturated heterocycles. The minimum Gasteiger partial charge on any atom is -0.310 e. The van der Waals surface area contributed by atoms with Crippen molar-refractivity contribution in [1.29, 1.82) is 0 Å². The van der Waals surface area contributed by atoms with Crippen LogP contribution >= 0.6 is 0 Å². The number of benzene rings is 1. The molecule has 116 valence electrons. The summed E-state index contributed by atoms with van der Waals surface area (Å²) in [5.74, 6) is 0. The van der Waals surface area contributed by atoms with Gasteiger partial charge >= 0.3 is 0 Å². The Kier molecular flexibility index (Phi) is 4.94. The number of hydrogen-bond acceptors (Lipinski definition) is 3. The fraction of sp³-hybridized carbons (Fsp3) is 0.667. The molecule has 3 nitrogen and oxygen atoms in total. The van der Waals surface area contributed by atoms with E-state index < -0.39 is 0 Å². The van der Waals surface area contributed by atoms with Crippen LogP contribution in [0, 0.1) is 0 Å². The first-order valence-electron chi connectivity index (χ1n) is 8.53. The predicted octanol–water partition coefficient (Wildman–Crippen LogP) is 2.46. The molecule has 1 aromatic carbocycles. The number of nitrogens with one attached hydrogen (secondary N) is 1. The molecule has 0 radical (unpaired) electrons. The van der Waals surface area contributed by atoms with Crippen molar-refractivity contribution in [2.24, 2.45) is 0 Å². The molecular formula is C18H29N3. The van der Waals surface area contributed by atoms with Crippen molar-refractivity contribution < 1.29 is 0 Å². The van der Waals surface area contributed by atoms with E-state index in [-0.39, 0.29) is 0 Å². The van der Waals surface area contributed by atoms with E-state index in [4.69, 9.17) is 0 Å². The molecule has 0 spiro atoms. The maximum Gasteiger partial charge on any atom is 0.0238 e. The zero-order valence-corrected chi connectivity index (χ0v) is 13.5. The van der Waals surface area contributed by atoms with Crippen LogP contribution in [0.1, 0.15) is 37.8 Å². The molecule has 1 aliphatic heterocycles. The van der Waals surface area contributed by atoms with Crippen molar-refractivity contribution in [3.05, 3.63) is 35.4 Å². The quantitative estimate of drug-likeness (QED) is 0.867. The number of hydrogen-bond donors (Lipinski definition) is 1. The molecule has 0 amide bonds. The lowest BCUT2D eigenvalue weighted by molar-refractivity contribution is 0.0832. The molecule has 1 saturated carbocycles. The smallest absolute Gasteiger partial charge is 0.0238 e. The third-order valence-corrected chi connectivity index (χ3v) is 4.93. The molecule has 3 heteroatoms. The van der Waals surface area contributed by atoms with Crippen molar-refractivity contribution in [2.75, 3.05) is 26.2 Å². The van der Waals surface area contributed by atoms with Gasteiger partial charge in [0.25, 0.3) is 0 Å². The third kappa shape index (κ3) is 4.06. The summed E-state index contributed by atoms with van der Waals surface area (Å²) in [7, 11) is 0. The predicted molar refractivity (Wildman–Crippen MR) is 88.3 cm³/mol. The number of nitrogens with zero attached hydrogens (tertiary/aromatic N) is 2. The van der Waals surface area contributed by atoms with Crippen LogP contribution in [0.2, 0.25) is 0 Å². The van der Waals surface area contributed by atoms with Crippen LogP contribution in [-0.4, -0.2) is 48.1 Å². The second kappa shape index (κ2) is 6.91. The minimum atomic E-state index is 0.681. The number of piperazine rings is 1. The maximum atomic E-state index is 3.65. The van der Waals surface area contributed by atoms with Gasteiger partial charge in [-0.1, -0.05) is 31.2 Å². The molecule has 1 heterocycles. The maximum absolute atomic E-state index is 3.65. The Hall–Kier alpha value is -0.900. The molecule has 3 rings (SSSR count). The Morgan fingerprint density at radius 2 is 1.90 bits per heavy atom. The van der Waals surface area contributed by atoms with Crippen molar-refractivity contribution in [2.45, 2.75) is 51.9 Å². The van der Waals surface area contributed by atoms with E-state index in [1.165, 1.54) is 50.1 Å². The van der Waals surface area contributed by atoms with Crippen LogP contribution in [-0.2, 0) is 13.1 Å². The summed E-state index contributed by atoms with van der Waals surface area (Å²) in [4.78, 5) is 5.20. The topological polar surface area (TPSA) is 18.5 Å². The summed E-state index contributed by atoms with van der Waals surface area (Å²) in [5.41, 5.74) is 2.98. The molecule has 2 fully saturated rings. The van der Waals surface area contributed by atoms with Gasteiger partial charge in [0.2, 0.25) is 0 Å². The largest absolute Gasteiger partial charge is 0.310 e. The number of likely N-dealkylation sites (N-methyl/N-ethyl adjacent to an activating group) is 1. The van der Waals surface area contributed by atoms with Gasteiger partial charge in [-0.15, -0.1) is 0 Å². The highest BCUT2D eigenvalue weighted by atomic mass is 15.3. The van der Waals surface area contributed by atoms with Crippen LogP contribution in [0.4, 0.5) is 0 Å². The van der Waals surface area contributed by atoms with E-state index in [9.17, 15) is 0 Å². The highest BCUT2D eigenvalue weighted by molar-refractivity contribution is 5.27. The fourth-order valence-corrected chi connectivity index (χ4v) is 3.35. The molecule has 0 aromatic heterocycles. The summed E-state index contributed by atoms with van der Waals surface area (Å²) in [6, 6.07) is 10.4. The minimum absolute atomic E-state index is 0.681. The highest BCUT2D eigenvalue weighted by Crippen LogP contribution is 2.21. The van der Waals surface area contributed by atoms with Crippen molar-refractivity contribution in [1.82, 2.24) is 15.1 Å². The van der Waals surface area contributed by atoms with E-state index in [1.807, 2.05) is 0 Å². The zero-order valence-electron chi connectivity index (χ0n) is 13.5. The van der Waals surface area contributed by atoms with Gasteiger partial charge in [0.1, 0.15) is 0 Å². The van der Waals surface area contributed by atoms with Gasteiger partial charge in [-0.25, -0.2) is 0 Å². The average Bonchev–Trinajstić information content (AvgIpc) is 3.31. The fourth-order valence-electron chi connectivity index (χ4n) is 3.35. The van der Waals surface area contributed by atoms with Gasteiger partial charge in [-0.05, 0) is 37.4 Å². The van der Waals surface area contributed by atoms with Crippen LogP contribution in [0.3, 0.4) is 0 Å². The van der Waals surface area contributed by atoms with Gasteiger partial charge in [0.05, 0.1) is 0 Å². The van der Waals surface area contributed by atoms with E-state index >= 15 is 0 Å². The molecule has 1 unspecified atom stereocenters. The summed E-state index contributed by atoms with van der Waals surface area (Å²) in [6.07, 6.45) is 2.72. The van der Waals surface area contributed by atoms with Crippen molar-refractivity contribution in [3.63, 3.8) is 0 Å². The van der Waals surface area contributed by atoms with Crippen LogP contribution in [0.5, 0.6) is 0 Å². The molecule has 0 bridgehead atoms. The summed E-state index contributed by atoms with van der Waals surface area (Å²) < 4.78 is 0. The number of rotatable bonds is 6. The second-order valence-corrected chi connectivity index (χ2v) is 6.64. The summed E-state index contributed by atoms with van der Waals surface area (Å²) in [6.45, 7) is 11.5. The summed E-state index contributed by atoms with van der Waals surface area (Å²) in [5, 5.41) is 3.65. The van der Waals surface area contributed by atoms with Gasteiger partial charge in [-0.3, -0.25) is 9.80 Å². The Labute approximate surface area is 129 Å². The average molecular weight is 287 g/mol. The van der Waals surface area contributed by atoms with E-state index in [2.05, 4.69) is 53.2 Å². The van der Waals surface area contributed by atoms with Gasteiger partial charge in [-0.2, -0.15) is 0 Å². The molecule has 1 atom stereocenters. The van der Waals surface area contributed by atoms with Gasteiger partial charge in [0.15, 0.2) is 0 Å². The van der Waals surface area contributed by atoms with Crippen molar-refractivity contribution >= 4 is 0 Å². The third-order valence-electron chi connectivity index (χ3n) is 4.93. The first-order valence-corrected chi connectivity index (χ1v) is 8.53. The second-order valence-electron chi connectivity index (χ2n) is 6.64. The van der Waals surface area contributed by atoms with Crippen LogP contribution in [0.15, 0.2) is 24.3 Å². The molecular weight excluding hydrogens is 258 g/mol. The first-order chi connectivity index (χ1) is 10.3. The highest BCUT2D eigenvalue weighted by Gasteiger charge is 2.23. The zero-order chi connectivity index (χ0) is 14.7. The Morgan fingerprint density at radius 1 is 1.14 bits per heavy atom. The Balaban J connectivity index is 1.59. The van der Waals surface area contributed by atoms with Crippen LogP contribution in [0.25, 0.3) is 0 Å². The normalized spacial score (nSPS) is 24.4. The van der Waals surface area contributed by atoms with E-state index in [0.29, 0.717) is 6.04 Å². The molecule has 1 N–H and O–H groups in total. The van der Waals surface area contributed by atoms with Crippen molar-refractivity contribution in [3.8, 4) is 0 Å². The van der Waals surface area contributed by atoms with Gasteiger partial charge < -0.3 is 5.32 Å². The molecule has 1 aliphatic carbocycles. The lowest BCUT2D eigenvalue weighted by atomic mass is 10.1. The standard InChI is InChI=1S/C18H29N3/c1-3-21-11-10-20(13-15(21)2)14-17-7-5-4-6-16(17)12-19-18-8-9-18/h4-7,15,18-19H,3,8-14H2,1-2H3. The molecule has 1 aromatic rings. The van der Waals surface area contributed by atoms with Gasteiger partial charge in [0, 0.05) is 44.8 Å². The first kappa shape index (κ1) is 15.0. The molecule has 2 aliphatic rings. The Bertz CT molecular complexity index is 456. The summed E-state index contributed by atoms with van der Waals surface area (Å²) >= 11 is 0. The monoisotopic (exact) mass is 287 g/mol. The van der Waals surface area contributed by atoms with E-state index in [1.54, 1.807) is 0 Å².